The summed E-state index contributed by atoms with van der Waals surface area (Å²) in [6, 6.07) is 9.82. The van der Waals surface area contributed by atoms with Crippen LogP contribution in [0, 0.1) is 18.6 Å². The average molecular weight is 296 g/mol. The summed E-state index contributed by atoms with van der Waals surface area (Å²) in [4.78, 5) is 0. The number of halogens is 3. The number of likely N-dealkylation sites (N-methyl/N-ethyl adjacent to an activating group) is 1. The van der Waals surface area contributed by atoms with E-state index in [2.05, 4.69) is 5.32 Å². The van der Waals surface area contributed by atoms with Crippen LogP contribution in [0.1, 0.15) is 22.7 Å². The lowest BCUT2D eigenvalue weighted by Crippen LogP contribution is -2.19. The van der Waals surface area contributed by atoms with Crippen LogP contribution in [0.15, 0.2) is 36.4 Å². The molecule has 0 fully saturated rings. The number of hydrogen-bond acceptors (Lipinski definition) is 1. The van der Waals surface area contributed by atoms with Gasteiger partial charge in [-0.25, -0.2) is 8.78 Å². The first kappa shape index (κ1) is 14.9. The molecule has 2 rings (SSSR count). The minimum atomic E-state index is -0.826. The number of benzene rings is 2. The van der Waals surface area contributed by atoms with Crippen molar-refractivity contribution < 1.29 is 8.78 Å². The molecular formula is C16H16ClF2N. The van der Waals surface area contributed by atoms with Gasteiger partial charge >= 0.3 is 0 Å². The zero-order valence-corrected chi connectivity index (χ0v) is 12.1. The van der Waals surface area contributed by atoms with E-state index >= 15 is 0 Å². The van der Waals surface area contributed by atoms with Crippen molar-refractivity contribution in [1.29, 1.82) is 0 Å². The Balaban J connectivity index is 2.23. The summed E-state index contributed by atoms with van der Waals surface area (Å²) in [5.74, 6) is -1.65. The van der Waals surface area contributed by atoms with Gasteiger partial charge in [0.2, 0.25) is 0 Å². The van der Waals surface area contributed by atoms with Gasteiger partial charge in [-0.15, -0.1) is 0 Å². The molecule has 4 heteroatoms. The molecule has 2 aromatic carbocycles. The van der Waals surface area contributed by atoms with E-state index in [0.717, 1.165) is 22.8 Å². The largest absolute Gasteiger partial charge is 0.313 e. The second kappa shape index (κ2) is 6.33. The molecular weight excluding hydrogens is 280 g/mol. The zero-order valence-electron chi connectivity index (χ0n) is 11.4. The van der Waals surface area contributed by atoms with Crippen LogP contribution in [0.4, 0.5) is 8.78 Å². The van der Waals surface area contributed by atoms with Crippen molar-refractivity contribution in [3.05, 3.63) is 69.7 Å². The van der Waals surface area contributed by atoms with Crippen molar-refractivity contribution in [3.63, 3.8) is 0 Å². The fourth-order valence-corrected chi connectivity index (χ4v) is 2.30. The maximum Gasteiger partial charge on any atom is 0.159 e. The number of nitrogens with one attached hydrogen (secondary N) is 1. The van der Waals surface area contributed by atoms with Crippen molar-refractivity contribution in [2.45, 2.75) is 19.4 Å². The highest BCUT2D eigenvalue weighted by molar-refractivity contribution is 6.31. The molecule has 1 N–H and O–H groups in total. The Bertz CT molecular complexity index is 613. The van der Waals surface area contributed by atoms with Crippen LogP contribution in [-0.2, 0) is 6.42 Å². The monoisotopic (exact) mass is 295 g/mol. The minimum absolute atomic E-state index is 0.00189. The third-order valence-electron chi connectivity index (χ3n) is 3.37. The van der Waals surface area contributed by atoms with Gasteiger partial charge in [0.25, 0.3) is 0 Å². The number of aryl methyl sites for hydroxylation is 1. The second-order valence-electron chi connectivity index (χ2n) is 4.80. The topological polar surface area (TPSA) is 12.0 Å². The fraction of sp³-hybridized carbons (Fsp3) is 0.250. The Hall–Kier alpha value is -1.45. The van der Waals surface area contributed by atoms with Gasteiger partial charge < -0.3 is 5.32 Å². The summed E-state index contributed by atoms with van der Waals surface area (Å²) >= 11 is 6.13. The van der Waals surface area contributed by atoms with Crippen molar-refractivity contribution in [3.8, 4) is 0 Å². The molecule has 0 spiro atoms. The lowest BCUT2D eigenvalue weighted by Gasteiger charge is -2.17. The van der Waals surface area contributed by atoms with Gasteiger partial charge in [-0.1, -0.05) is 29.8 Å². The Morgan fingerprint density at radius 3 is 2.45 bits per heavy atom. The molecule has 106 valence electrons. The first-order chi connectivity index (χ1) is 9.51. The molecule has 0 heterocycles. The minimum Gasteiger partial charge on any atom is -0.313 e. The lowest BCUT2D eigenvalue weighted by atomic mass is 9.98. The molecule has 2 aromatic rings. The molecule has 0 aliphatic heterocycles. The molecule has 0 radical (unpaired) electrons. The highest BCUT2D eigenvalue weighted by atomic mass is 35.5. The van der Waals surface area contributed by atoms with Crippen LogP contribution in [0.3, 0.4) is 0 Å². The van der Waals surface area contributed by atoms with Crippen LogP contribution < -0.4 is 5.32 Å². The summed E-state index contributed by atoms with van der Waals surface area (Å²) in [7, 11) is 1.83. The predicted octanol–water partition coefficient (Wildman–Crippen LogP) is 4.43. The van der Waals surface area contributed by atoms with E-state index in [-0.39, 0.29) is 6.04 Å². The van der Waals surface area contributed by atoms with Gasteiger partial charge in [-0.2, -0.15) is 0 Å². The van der Waals surface area contributed by atoms with E-state index in [0.29, 0.717) is 11.4 Å². The quantitative estimate of drug-likeness (QED) is 0.880. The van der Waals surface area contributed by atoms with Crippen LogP contribution >= 0.6 is 11.6 Å². The second-order valence-corrected chi connectivity index (χ2v) is 5.21. The molecule has 1 unspecified atom stereocenters. The summed E-state index contributed by atoms with van der Waals surface area (Å²) in [5.41, 5.74) is 2.77. The van der Waals surface area contributed by atoms with E-state index in [1.54, 1.807) is 6.07 Å². The molecule has 1 nitrogen and oxygen atoms in total. The Kier molecular flexibility index (Phi) is 4.73. The van der Waals surface area contributed by atoms with Crippen molar-refractivity contribution in [2.24, 2.45) is 0 Å². The van der Waals surface area contributed by atoms with Crippen molar-refractivity contribution in [1.82, 2.24) is 5.32 Å². The summed E-state index contributed by atoms with van der Waals surface area (Å²) in [6.07, 6.45) is 0.563. The smallest absolute Gasteiger partial charge is 0.159 e. The Morgan fingerprint density at radius 1 is 1.10 bits per heavy atom. The number of rotatable bonds is 4. The third-order valence-corrected chi connectivity index (χ3v) is 3.78. The maximum atomic E-state index is 13.2. The average Bonchev–Trinajstić information content (AvgIpc) is 2.43. The summed E-state index contributed by atoms with van der Waals surface area (Å²) in [6.45, 7) is 1.94. The Morgan fingerprint density at radius 2 is 1.85 bits per heavy atom. The van der Waals surface area contributed by atoms with Crippen LogP contribution in [0.5, 0.6) is 0 Å². The highest BCUT2D eigenvalue weighted by Crippen LogP contribution is 2.24. The molecule has 0 saturated heterocycles. The van der Waals surface area contributed by atoms with E-state index < -0.39 is 11.6 Å². The highest BCUT2D eigenvalue weighted by Gasteiger charge is 2.12. The van der Waals surface area contributed by atoms with Crippen molar-refractivity contribution in [2.75, 3.05) is 7.05 Å². The molecule has 0 aliphatic carbocycles. The zero-order chi connectivity index (χ0) is 14.7. The van der Waals surface area contributed by atoms with Crippen LogP contribution in [0.2, 0.25) is 5.02 Å². The summed E-state index contributed by atoms with van der Waals surface area (Å²) in [5, 5.41) is 3.87. The normalized spacial score (nSPS) is 12.4. The molecule has 1 atom stereocenters. The van der Waals surface area contributed by atoms with Gasteiger partial charge in [0.15, 0.2) is 11.6 Å². The molecule has 20 heavy (non-hydrogen) atoms. The molecule has 0 amide bonds. The SMILES string of the molecule is CNC(Cc1ccc(F)c(F)c1)c1ccc(C)c(Cl)c1. The van der Waals surface area contributed by atoms with E-state index in [9.17, 15) is 8.78 Å². The van der Waals surface area contributed by atoms with E-state index in [1.807, 2.05) is 32.2 Å². The molecule has 0 bridgehead atoms. The first-order valence-corrected chi connectivity index (χ1v) is 6.76. The Labute approximate surface area is 122 Å². The lowest BCUT2D eigenvalue weighted by molar-refractivity contribution is 0.504. The standard InChI is InChI=1S/C16H16ClF2N/c1-10-3-5-12(9-13(10)17)16(20-2)8-11-4-6-14(18)15(19)7-11/h3-7,9,16,20H,8H2,1-2H3. The molecule has 0 aliphatic rings. The van der Waals surface area contributed by atoms with E-state index in [4.69, 9.17) is 11.6 Å². The third kappa shape index (κ3) is 3.35. The predicted molar refractivity (Wildman–Crippen MR) is 78.1 cm³/mol. The van der Waals surface area contributed by atoms with Gasteiger partial charge in [-0.05, 0) is 55.3 Å². The summed E-state index contributed by atoms with van der Waals surface area (Å²) < 4.78 is 26.2. The van der Waals surface area contributed by atoms with Crippen LogP contribution in [-0.4, -0.2) is 7.05 Å². The first-order valence-electron chi connectivity index (χ1n) is 6.38. The fourth-order valence-electron chi connectivity index (χ4n) is 2.11. The van der Waals surface area contributed by atoms with Crippen LogP contribution in [0.25, 0.3) is 0 Å². The van der Waals surface area contributed by atoms with Gasteiger partial charge in [0, 0.05) is 11.1 Å². The number of hydrogen-bond donors (Lipinski definition) is 1. The molecule has 0 saturated carbocycles. The van der Waals surface area contributed by atoms with E-state index in [1.165, 1.54) is 6.07 Å². The maximum absolute atomic E-state index is 13.2. The van der Waals surface area contributed by atoms with Gasteiger partial charge in [0.05, 0.1) is 0 Å². The van der Waals surface area contributed by atoms with Gasteiger partial charge in [0.1, 0.15) is 0 Å². The molecule has 0 aromatic heterocycles. The van der Waals surface area contributed by atoms with Crippen molar-refractivity contribution >= 4 is 11.6 Å². The van der Waals surface area contributed by atoms with Gasteiger partial charge in [-0.3, -0.25) is 0 Å².